The Hall–Kier alpha value is -3.68. The summed E-state index contributed by atoms with van der Waals surface area (Å²) >= 11 is 6.09. The van der Waals surface area contributed by atoms with Gasteiger partial charge in [-0.25, -0.2) is 4.99 Å². The van der Waals surface area contributed by atoms with E-state index in [0.717, 1.165) is 22.5 Å². The second-order valence-electron chi connectivity index (χ2n) is 9.53. The lowest BCUT2D eigenvalue weighted by molar-refractivity contribution is -0.137. The molecule has 190 valence electrons. The molecule has 2 aliphatic rings. The normalized spacial score (nSPS) is 20.6. The number of halogens is 1. The van der Waals surface area contributed by atoms with Crippen LogP contribution >= 0.6 is 11.6 Å². The number of aliphatic hydroxyl groups is 1. The molecule has 2 N–H and O–H groups in total. The summed E-state index contributed by atoms with van der Waals surface area (Å²) in [5, 5.41) is 25.4. The number of rotatable bonds is 8. The molecule has 0 aromatic heterocycles. The topological polar surface area (TPSA) is 94.7 Å². The van der Waals surface area contributed by atoms with Crippen LogP contribution in [0.2, 0.25) is 5.02 Å². The fourth-order valence-corrected chi connectivity index (χ4v) is 4.91. The molecule has 0 bridgehead atoms. The molecule has 0 spiro atoms. The maximum absolute atomic E-state index is 11.4. The van der Waals surface area contributed by atoms with Gasteiger partial charge in [-0.2, -0.15) is 0 Å². The van der Waals surface area contributed by atoms with E-state index in [1.165, 1.54) is 0 Å². The van der Waals surface area contributed by atoms with Gasteiger partial charge < -0.3 is 15.1 Å². The number of benzene rings is 3. The Bertz CT molecular complexity index is 1360. The molecule has 8 heteroatoms. The summed E-state index contributed by atoms with van der Waals surface area (Å²) in [6.07, 6.45) is 1.43. The van der Waals surface area contributed by atoms with Gasteiger partial charge in [0, 0.05) is 41.1 Å². The van der Waals surface area contributed by atoms with Gasteiger partial charge in [-0.15, -0.1) is 0 Å². The Morgan fingerprint density at radius 1 is 1.11 bits per heavy atom. The van der Waals surface area contributed by atoms with Crippen molar-refractivity contribution in [2.45, 2.75) is 50.9 Å². The van der Waals surface area contributed by atoms with Crippen LogP contribution in [-0.2, 0) is 15.2 Å². The Balaban J connectivity index is 1.44. The Kier molecular flexibility index (Phi) is 7.00. The van der Waals surface area contributed by atoms with Gasteiger partial charge in [0.2, 0.25) is 0 Å². The number of anilines is 1. The summed E-state index contributed by atoms with van der Waals surface area (Å²) in [5.41, 5.74) is 4.33. The van der Waals surface area contributed by atoms with Crippen LogP contribution in [0.25, 0.3) is 0 Å². The maximum atomic E-state index is 11.4. The molecule has 0 radical (unpaired) electrons. The van der Waals surface area contributed by atoms with Gasteiger partial charge in [-0.1, -0.05) is 59.2 Å². The van der Waals surface area contributed by atoms with Crippen LogP contribution in [0.3, 0.4) is 0 Å². The van der Waals surface area contributed by atoms with E-state index < -0.39 is 17.8 Å². The minimum Gasteiger partial charge on any atom is -0.481 e. The van der Waals surface area contributed by atoms with Gasteiger partial charge in [0.25, 0.3) is 0 Å². The second-order valence-corrected chi connectivity index (χ2v) is 9.96. The Morgan fingerprint density at radius 2 is 1.86 bits per heavy atom. The number of carboxylic acids is 1. The van der Waals surface area contributed by atoms with Crippen molar-refractivity contribution in [1.82, 2.24) is 0 Å². The summed E-state index contributed by atoms with van der Waals surface area (Å²) in [6.45, 7) is 2.03. The number of fused-ring (bicyclic) bond motifs is 1. The molecule has 37 heavy (non-hydrogen) atoms. The highest BCUT2D eigenvalue weighted by molar-refractivity contribution is 6.30. The van der Waals surface area contributed by atoms with Crippen molar-refractivity contribution in [2.24, 2.45) is 10.1 Å². The Morgan fingerprint density at radius 3 is 2.59 bits per heavy atom. The molecule has 0 aliphatic carbocycles. The summed E-state index contributed by atoms with van der Waals surface area (Å²) in [7, 11) is 0. The maximum Gasteiger partial charge on any atom is 0.303 e. The lowest BCUT2D eigenvalue weighted by atomic mass is 9.88. The molecule has 7 nitrogen and oxygen atoms in total. The molecule has 2 unspecified atom stereocenters. The van der Waals surface area contributed by atoms with E-state index in [1.54, 1.807) is 17.0 Å². The van der Waals surface area contributed by atoms with E-state index in [1.807, 2.05) is 67.6 Å². The first-order chi connectivity index (χ1) is 17.8. The van der Waals surface area contributed by atoms with E-state index in [2.05, 4.69) is 5.16 Å². The Labute approximate surface area is 220 Å². The molecular formula is C29H28ClN3O4. The zero-order valence-corrected chi connectivity index (χ0v) is 21.2. The van der Waals surface area contributed by atoms with Crippen molar-refractivity contribution in [2.75, 3.05) is 4.90 Å². The van der Waals surface area contributed by atoms with E-state index in [-0.39, 0.29) is 6.42 Å². The summed E-state index contributed by atoms with van der Waals surface area (Å²) < 4.78 is 0. The number of oxime groups is 1. The van der Waals surface area contributed by atoms with E-state index in [0.29, 0.717) is 47.8 Å². The smallest absolute Gasteiger partial charge is 0.303 e. The predicted octanol–water partition coefficient (Wildman–Crippen LogP) is 6.57. The quantitative estimate of drug-likeness (QED) is 0.330. The zero-order chi connectivity index (χ0) is 26.0. The molecule has 0 amide bonds. The lowest BCUT2D eigenvalue weighted by Gasteiger charge is -2.35. The third-order valence-electron chi connectivity index (χ3n) is 6.81. The minimum absolute atomic E-state index is 0.0948. The van der Waals surface area contributed by atoms with Crippen molar-refractivity contribution >= 4 is 40.5 Å². The number of hydrogen-bond acceptors (Lipinski definition) is 6. The van der Waals surface area contributed by atoms with Crippen LogP contribution in [0.15, 0.2) is 82.9 Å². The van der Waals surface area contributed by atoms with Crippen molar-refractivity contribution in [3.05, 3.63) is 94.5 Å². The average molecular weight is 518 g/mol. The number of aliphatic carboxylic acids is 1. The standard InChI is InChI=1S/C29H28ClN3O4/c1-29(20-7-3-2-4-8-20)18-25(32-37-29)19-11-16-23-24(17-19)31-26(9-5-6-10-27(34)35)33(28(23)36)22-14-12-21(30)13-15-22/h2-4,7-8,11-17,28,36H,5-6,9-10,18H2,1H3,(H,34,35). The third-order valence-corrected chi connectivity index (χ3v) is 7.06. The largest absolute Gasteiger partial charge is 0.481 e. The number of nitrogens with zero attached hydrogens (tertiary/aromatic N) is 3. The first-order valence-corrected chi connectivity index (χ1v) is 12.7. The highest BCUT2D eigenvalue weighted by atomic mass is 35.5. The molecular weight excluding hydrogens is 490 g/mol. The first kappa shape index (κ1) is 25.0. The SMILES string of the molecule is CC1(c2ccccc2)CC(c2ccc3c(c2)N=C(CCCCC(=O)O)N(c2ccc(Cl)cc2)C3O)=NO1. The molecule has 2 atom stereocenters. The fraction of sp³-hybridized carbons (Fsp3) is 0.276. The fourth-order valence-electron chi connectivity index (χ4n) is 4.78. The lowest BCUT2D eigenvalue weighted by Crippen LogP contribution is -2.37. The average Bonchev–Trinajstić information content (AvgIpc) is 3.31. The van der Waals surface area contributed by atoms with Crippen molar-refractivity contribution < 1.29 is 19.8 Å². The number of aliphatic imine (C=N–C) groups is 1. The predicted molar refractivity (Wildman–Crippen MR) is 145 cm³/mol. The molecule has 0 fully saturated rings. The van der Waals surface area contributed by atoms with Gasteiger partial charge in [-0.05, 0) is 55.7 Å². The zero-order valence-electron chi connectivity index (χ0n) is 20.5. The van der Waals surface area contributed by atoms with Gasteiger partial charge in [0.15, 0.2) is 11.8 Å². The van der Waals surface area contributed by atoms with Crippen LogP contribution in [0.4, 0.5) is 11.4 Å². The highest BCUT2D eigenvalue weighted by Crippen LogP contribution is 2.40. The number of amidine groups is 1. The van der Waals surface area contributed by atoms with E-state index in [4.69, 9.17) is 26.5 Å². The van der Waals surface area contributed by atoms with Crippen LogP contribution in [0.1, 0.15) is 61.9 Å². The van der Waals surface area contributed by atoms with Crippen molar-refractivity contribution in [3.8, 4) is 0 Å². The minimum atomic E-state index is -0.950. The van der Waals surface area contributed by atoms with Crippen LogP contribution in [-0.4, -0.2) is 27.7 Å². The molecule has 3 aromatic rings. The van der Waals surface area contributed by atoms with E-state index >= 15 is 0 Å². The van der Waals surface area contributed by atoms with Crippen molar-refractivity contribution in [3.63, 3.8) is 0 Å². The molecule has 5 rings (SSSR count). The highest BCUT2D eigenvalue weighted by Gasteiger charge is 2.37. The number of hydrogen-bond donors (Lipinski definition) is 2. The van der Waals surface area contributed by atoms with E-state index in [9.17, 15) is 9.90 Å². The second kappa shape index (κ2) is 10.4. The van der Waals surface area contributed by atoms with Gasteiger partial charge in [-0.3, -0.25) is 9.69 Å². The van der Waals surface area contributed by atoms with Gasteiger partial charge >= 0.3 is 5.97 Å². The van der Waals surface area contributed by atoms with Crippen LogP contribution < -0.4 is 4.90 Å². The number of carboxylic acid groups (broad SMARTS) is 1. The van der Waals surface area contributed by atoms with Gasteiger partial charge in [0.05, 0.1) is 11.4 Å². The van der Waals surface area contributed by atoms with Gasteiger partial charge in [0.1, 0.15) is 5.84 Å². The number of aliphatic hydroxyl groups excluding tert-OH is 1. The molecule has 0 saturated heterocycles. The van der Waals surface area contributed by atoms with Crippen LogP contribution in [0, 0.1) is 0 Å². The summed E-state index contributed by atoms with van der Waals surface area (Å²) in [5.74, 6) is -0.152. The molecule has 2 aliphatic heterocycles. The molecule has 3 aromatic carbocycles. The number of carbonyl (C=O) groups is 1. The summed E-state index contributed by atoms with van der Waals surface area (Å²) in [4.78, 5) is 23.6. The van der Waals surface area contributed by atoms with Crippen molar-refractivity contribution in [1.29, 1.82) is 0 Å². The third kappa shape index (κ3) is 5.24. The molecule has 0 saturated carbocycles. The number of unbranched alkanes of at least 4 members (excludes halogenated alkanes) is 1. The van der Waals surface area contributed by atoms with Crippen LogP contribution in [0.5, 0.6) is 0 Å². The molecule has 2 heterocycles. The summed E-state index contributed by atoms with van der Waals surface area (Å²) in [6, 6.07) is 23.0. The first-order valence-electron chi connectivity index (χ1n) is 12.3. The monoisotopic (exact) mass is 517 g/mol.